The van der Waals surface area contributed by atoms with Crippen LogP contribution in [0.5, 0.6) is 0 Å². The van der Waals surface area contributed by atoms with Crippen molar-refractivity contribution >= 4 is 11.9 Å². The van der Waals surface area contributed by atoms with Gasteiger partial charge in [0, 0.05) is 38.9 Å². The molecule has 0 radical (unpaired) electrons. The highest BCUT2D eigenvalue weighted by atomic mass is 19.4. The Morgan fingerprint density at radius 2 is 1.86 bits per heavy atom. The predicted molar refractivity (Wildman–Crippen MR) is 97.2 cm³/mol. The Balaban J connectivity index is 1.57. The van der Waals surface area contributed by atoms with E-state index in [1.165, 1.54) is 29.9 Å². The zero-order valence-corrected chi connectivity index (χ0v) is 15.8. The third-order valence-electron chi connectivity index (χ3n) is 4.90. The van der Waals surface area contributed by atoms with Gasteiger partial charge in [-0.25, -0.2) is 4.79 Å². The Bertz CT molecular complexity index is 889. The number of carboxylic acid groups (broad SMARTS) is 1. The quantitative estimate of drug-likeness (QED) is 0.820. The summed E-state index contributed by atoms with van der Waals surface area (Å²) in [4.78, 5) is 27.2. The summed E-state index contributed by atoms with van der Waals surface area (Å²) in [5, 5.41) is 13.1. The van der Waals surface area contributed by atoms with E-state index in [-0.39, 0.29) is 11.6 Å². The van der Waals surface area contributed by atoms with Crippen molar-refractivity contribution in [3.8, 4) is 0 Å². The molecule has 7 nitrogen and oxygen atoms in total. The van der Waals surface area contributed by atoms with Gasteiger partial charge in [0.05, 0.1) is 5.56 Å². The molecule has 1 saturated heterocycles. The number of benzene rings is 1. The molecule has 29 heavy (non-hydrogen) atoms. The SMILES string of the molecule is CC(C(=O)O)n1ccc(C(=O)N2CCN(Cc3cccc(C(F)(F)F)c3)CC2)n1. The molecule has 1 atom stereocenters. The summed E-state index contributed by atoms with van der Waals surface area (Å²) in [6, 6.07) is 5.85. The molecule has 0 bridgehead atoms. The third-order valence-corrected chi connectivity index (χ3v) is 4.90. The van der Waals surface area contributed by atoms with Gasteiger partial charge < -0.3 is 10.0 Å². The number of aromatic nitrogens is 2. The van der Waals surface area contributed by atoms with Gasteiger partial charge >= 0.3 is 12.1 Å². The van der Waals surface area contributed by atoms with Crippen LogP contribution in [-0.2, 0) is 17.5 Å². The first-order valence-electron chi connectivity index (χ1n) is 9.11. The highest BCUT2D eigenvalue weighted by molar-refractivity contribution is 5.92. The molecule has 1 N–H and O–H groups in total. The molecule has 1 fully saturated rings. The van der Waals surface area contributed by atoms with Gasteiger partial charge in [-0.05, 0) is 24.6 Å². The molecule has 156 valence electrons. The summed E-state index contributed by atoms with van der Waals surface area (Å²) in [6.07, 6.45) is -2.92. The minimum atomic E-state index is -4.37. The average Bonchev–Trinajstić information content (AvgIpc) is 3.17. The van der Waals surface area contributed by atoms with Crippen LogP contribution in [0.25, 0.3) is 0 Å². The molecule has 1 amide bonds. The fourth-order valence-electron chi connectivity index (χ4n) is 3.16. The summed E-state index contributed by atoms with van der Waals surface area (Å²) in [6.45, 7) is 3.72. The lowest BCUT2D eigenvalue weighted by Gasteiger charge is -2.34. The second kappa shape index (κ2) is 8.24. The number of rotatable bonds is 5. The first kappa shape index (κ1) is 20.8. The van der Waals surface area contributed by atoms with Crippen molar-refractivity contribution < 1.29 is 27.9 Å². The maximum Gasteiger partial charge on any atom is 0.416 e. The van der Waals surface area contributed by atoms with Gasteiger partial charge in [-0.3, -0.25) is 14.4 Å². The molecule has 3 rings (SSSR count). The molecule has 1 aliphatic heterocycles. The van der Waals surface area contributed by atoms with Crippen LogP contribution in [0.1, 0.15) is 34.6 Å². The van der Waals surface area contributed by atoms with Gasteiger partial charge in [-0.1, -0.05) is 18.2 Å². The van der Waals surface area contributed by atoms with Crippen molar-refractivity contribution in [3.63, 3.8) is 0 Å². The van der Waals surface area contributed by atoms with E-state index in [4.69, 9.17) is 5.11 Å². The van der Waals surface area contributed by atoms with E-state index in [1.807, 2.05) is 4.90 Å². The monoisotopic (exact) mass is 410 g/mol. The molecule has 1 unspecified atom stereocenters. The topological polar surface area (TPSA) is 78.7 Å². The lowest BCUT2D eigenvalue weighted by molar-refractivity contribution is -0.140. The van der Waals surface area contributed by atoms with Gasteiger partial charge in [0.15, 0.2) is 0 Å². The molecule has 2 aromatic rings. The standard InChI is InChI=1S/C19H21F3N4O3/c1-13(18(28)29)26-6-5-16(23-26)17(27)25-9-7-24(8-10-25)12-14-3-2-4-15(11-14)19(20,21)22/h2-6,11,13H,7-10,12H2,1H3,(H,28,29). The number of hydrogen-bond donors (Lipinski definition) is 1. The van der Waals surface area contributed by atoms with Crippen LogP contribution in [0.2, 0.25) is 0 Å². The molecular formula is C19H21F3N4O3. The third kappa shape index (κ3) is 4.94. The molecule has 1 aliphatic rings. The Morgan fingerprint density at radius 3 is 2.48 bits per heavy atom. The largest absolute Gasteiger partial charge is 0.480 e. The fourth-order valence-corrected chi connectivity index (χ4v) is 3.16. The highest BCUT2D eigenvalue weighted by Crippen LogP contribution is 2.29. The molecule has 1 aromatic heterocycles. The van der Waals surface area contributed by atoms with Gasteiger partial charge in [0.2, 0.25) is 0 Å². The number of carbonyl (C=O) groups excluding carboxylic acids is 1. The number of amides is 1. The minimum Gasteiger partial charge on any atom is -0.480 e. The minimum absolute atomic E-state index is 0.171. The number of nitrogens with zero attached hydrogens (tertiary/aromatic N) is 4. The Morgan fingerprint density at radius 1 is 1.17 bits per heavy atom. The van der Waals surface area contributed by atoms with Crippen molar-refractivity contribution in [1.82, 2.24) is 19.6 Å². The van der Waals surface area contributed by atoms with Crippen molar-refractivity contribution in [1.29, 1.82) is 0 Å². The van der Waals surface area contributed by atoms with E-state index in [2.05, 4.69) is 5.10 Å². The molecule has 1 aromatic carbocycles. The van der Waals surface area contributed by atoms with Crippen molar-refractivity contribution in [2.45, 2.75) is 25.7 Å². The summed E-state index contributed by atoms with van der Waals surface area (Å²) in [5.74, 6) is -1.34. The zero-order valence-electron chi connectivity index (χ0n) is 15.8. The lowest BCUT2D eigenvalue weighted by atomic mass is 10.1. The maximum absolute atomic E-state index is 12.8. The number of halogens is 3. The molecule has 0 saturated carbocycles. The van der Waals surface area contributed by atoms with E-state index < -0.39 is 23.8 Å². The summed E-state index contributed by atoms with van der Waals surface area (Å²) in [5.41, 5.74) is 0.0698. The van der Waals surface area contributed by atoms with Crippen molar-refractivity contribution in [2.24, 2.45) is 0 Å². The Labute approximate surface area is 165 Å². The van der Waals surface area contributed by atoms with Crippen LogP contribution in [0.4, 0.5) is 13.2 Å². The summed E-state index contributed by atoms with van der Waals surface area (Å²) < 4.78 is 39.8. The van der Waals surface area contributed by atoms with E-state index in [0.717, 1.165) is 12.1 Å². The van der Waals surface area contributed by atoms with Crippen molar-refractivity contribution in [2.75, 3.05) is 26.2 Å². The first-order valence-corrected chi connectivity index (χ1v) is 9.11. The van der Waals surface area contributed by atoms with Crippen molar-refractivity contribution in [3.05, 3.63) is 53.3 Å². The Hall–Kier alpha value is -2.88. The van der Waals surface area contributed by atoms with Crippen LogP contribution in [0.3, 0.4) is 0 Å². The summed E-state index contributed by atoms with van der Waals surface area (Å²) in [7, 11) is 0. The molecule has 0 aliphatic carbocycles. The normalized spacial score (nSPS) is 16.6. The van der Waals surface area contributed by atoms with Gasteiger partial charge in [-0.15, -0.1) is 0 Å². The van der Waals surface area contributed by atoms with E-state index >= 15 is 0 Å². The molecule has 2 heterocycles. The maximum atomic E-state index is 12.8. The van der Waals surface area contributed by atoms with Crippen LogP contribution in [0.15, 0.2) is 36.5 Å². The van der Waals surface area contributed by atoms with Crippen LogP contribution >= 0.6 is 0 Å². The Kier molecular flexibility index (Phi) is 5.92. The van der Waals surface area contributed by atoms with E-state index in [9.17, 15) is 22.8 Å². The number of carbonyl (C=O) groups is 2. The number of piperazine rings is 1. The number of carboxylic acids is 1. The first-order chi connectivity index (χ1) is 13.6. The molecule has 10 heteroatoms. The predicted octanol–water partition coefficient (Wildman–Crippen LogP) is 2.51. The zero-order chi connectivity index (χ0) is 21.2. The van der Waals surface area contributed by atoms with E-state index in [0.29, 0.717) is 38.3 Å². The molecular weight excluding hydrogens is 389 g/mol. The molecule has 0 spiro atoms. The average molecular weight is 410 g/mol. The second-order valence-corrected chi connectivity index (χ2v) is 6.96. The van der Waals surface area contributed by atoms with Gasteiger partial charge in [0.1, 0.15) is 11.7 Å². The smallest absolute Gasteiger partial charge is 0.416 e. The second-order valence-electron chi connectivity index (χ2n) is 6.96. The number of hydrogen-bond acceptors (Lipinski definition) is 4. The van der Waals surface area contributed by atoms with Crippen LogP contribution in [-0.4, -0.2) is 62.7 Å². The van der Waals surface area contributed by atoms with E-state index in [1.54, 1.807) is 11.0 Å². The number of alkyl halides is 3. The summed E-state index contributed by atoms with van der Waals surface area (Å²) >= 11 is 0. The van der Waals surface area contributed by atoms with Gasteiger partial charge in [0.25, 0.3) is 5.91 Å². The number of aliphatic carboxylic acids is 1. The van der Waals surface area contributed by atoms with Crippen LogP contribution in [0, 0.1) is 0 Å². The lowest BCUT2D eigenvalue weighted by Crippen LogP contribution is -2.48. The highest BCUT2D eigenvalue weighted by Gasteiger charge is 2.31. The fraction of sp³-hybridized carbons (Fsp3) is 0.421. The van der Waals surface area contributed by atoms with Gasteiger partial charge in [-0.2, -0.15) is 18.3 Å². The van der Waals surface area contributed by atoms with Crippen LogP contribution < -0.4 is 0 Å².